The Bertz CT molecular complexity index is 72.1. The standard InChI is InChI=1S/C4H9NOS/c1-3(6)4(5)7-2/h3,5-6H,1-2H3. The zero-order valence-corrected chi connectivity index (χ0v) is 5.25. The Morgan fingerprint density at radius 1 is 1.86 bits per heavy atom. The maximum absolute atomic E-state index is 8.58. The molecule has 0 saturated carbocycles. The van der Waals surface area contributed by atoms with Gasteiger partial charge >= 0.3 is 0 Å². The van der Waals surface area contributed by atoms with Crippen molar-refractivity contribution in [1.29, 1.82) is 5.41 Å². The van der Waals surface area contributed by atoms with Gasteiger partial charge in [-0.2, -0.15) is 0 Å². The van der Waals surface area contributed by atoms with Crippen LogP contribution in [0.25, 0.3) is 0 Å². The smallest absolute Gasteiger partial charge is 0.0985 e. The highest BCUT2D eigenvalue weighted by Gasteiger charge is 1.98. The van der Waals surface area contributed by atoms with Crippen LogP contribution in [0.3, 0.4) is 0 Å². The molecule has 0 aliphatic carbocycles. The van der Waals surface area contributed by atoms with E-state index >= 15 is 0 Å². The van der Waals surface area contributed by atoms with Crippen LogP contribution >= 0.6 is 11.8 Å². The van der Waals surface area contributed by atoms with Crippen LogP contribution in [0.15, 0.2) is 0 Å². The first-order chi connectivity index (χ1) is 3.18. The Labute approximate surface area is 47.4 Å². The fraction of sp³-hybridized carbons (Fsp3) is 0.750. The normalized spacial score (nSPS) is 13.6. The minimum Gasteiger partial charge on any atom is -0.387 e. The first-order valence-corrected chi connectivity index (χ1v) is 3.21. The minimum atomic E-state index is -0.588. The number of aliphatic hydroxyl groups is 1. The van der Waals surface area contributed by atoms with Crippen molar-refractivity contribution >= 4 is 16.8 Å². The molecule has 42 valence electrons. The third-order valence-electron chi connectivity index (χ3n) is 0.599. The van der Waals surface area contributed by atoms with Gasteiger partial charge in [0.2, 0.25) is 0 Å². The Morgan fingerprint density at radius 2 is 2.29 bits per heavy atom. The molecule has 0 heterocycles. The minimum absolute atomic E-state index is 0.319. The Kier molecular flexibility index (Phi) is 3.04. The van der Waals surface area contributed by atoms with Gasteiger partial charge in [0, 0.05) is 0 Å². The summed E-state index contributed by atoms with van der Waals surface area (Å²) in [7, 11) is 0. The quantitative estimate of drug-likeness (QED) is 0.394. The molecule has 0 amide bonds. The number of thioether (sulfide) groups is 1. The van der Waals surface area contributed by atoms with E-state index in [0.717, 1.165) is 0 Å². The van der Waals surface area contributed by atoms with Gasteiger partial charge in [0.25, 0.3) is 0 Å². The number of hydrogen-bond acceptors (Lipinski definition) is 3. The van der Waals surface area contributed by atoms with Crippen molar-refractivity contribution in [1.82, 2.24) is 0 Å². The molecule has 0 aliphatic rings. The van der Waals surface area contributed by atoms with E-state index in [-0.39, 0.29) is 0 Å². The molecular weight excluding hydrogens is 110 g/mol. The lowest BCUT2D eigenvalue weighted by molar-refractivity contribution is 0.264. The van der Waals surface area contributed by atoms with Gasteiger partial charge in [-0.05, 0) is 13.2 Å². The molecule has 0 saturated heterocycles. The number of hydrogen-bond donors (Lipinski definition) is 2. The molecule has 0 bridgehead atoms. The summed E-state index contributed by atoms with van der Waals surface area (Å²) in [5.74, 6) is 0. The molecule has 0 aliphatic heterocycles. The average Bonchev–Trinajstić information content (AvgIpc) is 1.65. The largest absolute Gasteiger partial charge is 0.387 e. The van der Waals surface area contributed by atoms with Crippen LogP contribution in [0.2, 0.25) is 0 Å². The molecule has 7 heavy (non-hydrogen) atoms. The fourth-order valence-corrected chi connectivity index (χ4v) is 0.512. The van der Waals surface area contributed by atoms with Crippen LogP contribution in [0.5, 0.6) is 0 Å². The van der Waals surface area contributed by atoms with E-state index in [1.165, 1.54) is 11.8 Å². The predicted molar refractivity (Wildman–Crippen MR) is 32.9 cm³/mol. The highest BCUT2D eigenvalue weighted by molar-refractivity contribution is 8.13. The fourth-order valence-electron chi connectivity index (χ4n) is 0.171. The van der Waals surface area contributed by atoms with Crippen molar-refractivity contribution in [2.45, 2.75) is 13.0 Å². The van der Waals surface area contributed by atoms with Crippen molar-refractivity contribution in [2.24, 2.45) is 0 Å². The van der Waals surface area contributed by atoms with E-state index in [1.807, 2.05) is 0 Å². The second-order valence-corrected chi connectivity index (χ2v) is 2.09. The van der Waals surface area contributed by atoms with Crippen molar-refractivity contribution in [2.75, 3.05) is 6.26 Å². The molecule has 3 heteroatoms. The Hall–Kier alpha value is -0.0200. The average molecular weight is 119 g/mol. The number of nitrogens with one attached hydrogen (secondary N) is 1. The zero-order chi connectivity index (χ0) is 5.86. The van der Waals surface area contributed by atoms with Gasteiger partial charge in [0.1, 0.15) is 0 Å². The summed E-state index contributed by atoms with van der Waals surface area (Å²) < 4.78 is 0. The van der Waals surface area contributed by atoms with Gasteiger partial charge in [-0.25, -0.2) is 0 Å². The van der Waals surface area contributed by atoms with E-state index < -0.39 is 6.10 Å². The van der Waals surface area contributed by atoms with E-state index in [4.69, 9.17) is 10.5 Å². The van der Waals surface area contributed by atoms with Crippen LogP contribution in [-0.2, 0) is 0 Å². The lowest BCUT2D eigenvalue weighted by Gasteiger charge is -1.99. The van der Waals surface area contributed by atoms with Gasteiger partial charge in [-0.3, -0.25) is 5.41 Å². The third kappa shape index (κ3) is 2.65. The first kappa shape index (κ1) is 6.98. The Morgan fingerprint density at radius 3 is 2.29 bits per heavy atom. The number of rotatable bonds is 1. The lowest BCUT2D eigenvalue weighted by atomic mass is 10.5. The highest BCUT2D eigenvalue weighted by Crippen LogP contribution is 1.98. The molecule has 2 N–H and O–H groups in total. The second-order valence-electron chi connectivity index (χ2n) is 1.24. The summed E-state index contributed by atoms with van der Waals surface area (Å²) in [6.07, 6.45) is 1.18. The first-order valence-electron chi connectivity index (χ1n) is 1.99. The van der Waals surface area contributed by atoms with Gasteiger partial charge in [0.15, 0.2) is 0 Å². The topological polar surface area (TPSA) is 44.1 Å². The summed E-state index contributed by atoms with van der Waals surface area (Å²) in [5, 5.41) is 15.8. The summed E-state index contributed by atoms with van der Waals surface area (Å²) in [6.45, 7) is 1.58. The predicted octanol–water partition coefficient (Wildman–Crippen LogP) is 0.707. The van der Waals surface area contributed by atoms with Crippen LogP contribution in [0.1, 0.15) is 6.92 Å². The van der Waals surface area contributed by atoms with Gasteiger partial charge in [0.05, 0.1) is 11.1 Å². The van der Waals surface area contributed by atoms with Gasteiger partial charge in [-0.15, -0.1) is 11.8 Å². The molecule has 1 atom stereocenters. The van der Waals surface area contributed by atoms with Crippen LogP contribution < -0.4 is 0 Å². The summed E-state index contributed by atoms with van der Waals surface area (Å²) in [6, 6.07) is 0. The summed E-state index contributed by atoms with van der Waals surface area (Å²) >= 11 is 1.27. The van der Waals surface area contributed by atoms with E-state index in [1.54, 1.807) is 13.2 Å². The second kappa shape index (κ2) is 3.04. The lowest BCUT2D eigenvalue weighted by Crippen LogP contribution is -2.09. The van der Waals surface area contributed by atoms with Crippen molar-refractivity contribution in [3.8, 4) is 0 Å². The molecular formula is C4H9NOS. The molecule has 0 aromatic rings. The van der Waals surface area contributed by atoms with E-state index in [0.29, 0.717) is 5.04 Å². The molecule has 0 radical (unpaired) electrons. The molecule has 1 unspecified atom stereocenters. The summed E-state index contributed by atoms with van der Waals surface area (Å²) in [5.41, 5.74) is 0. The van der Waals surface area contributed by atoms with Crippen LogP contribution in [0.4, 0.5) is 0 Å². The molecule has 0 rings (SSSR count). The molecule has 0 aromatic carbocycles. The molecule has 2 nitrogen and oxygen atoms in total. The monoisotopic (exact) mass is 119 g/mol. The summed E-state index contributed by atoms with van der Waals surface area (Å²) in [4.78, 5) is 0. The van der Waals surface area contributed by atoms with Gasteiger partial charge < -0.3 is 5.11 Å². The van der Waals surface area contributed by atoms with E-state index in [2.05, 4.69) is 0 Å². The SMILES string of the molecule is CSC(=N)C(C)O. The Balaban J connectivity index is 3.35. The third-order valence-corrected chi connectivity index (χ3v) is 1.38. The van der Waals surface area contributed by atoms with Gasteiger partial charge in [-0.1, -0.05) is 0 Å². The zero-order valence-electron chi connectivity index (χ0n) is 4.43. The van der Waals surface area contributed by atoms with Crippen molar-refractivity contribution < 1.29 is 5.11 Å². The maximum Gasteiger partial charge on any atom is 0.0985 e. The maximum atomic E-state index is 8.58. The van der Waals surface area contributed by atoms with Crippen LogP contribution in [0, 0.1) is 5.41 Å². The molecule has 0 fully saturated rings. The molecule has 0 spiro atoms. The number of aliphatic hydroxyl groups excluding tert-OH is 1. The molecule has 0 aromatic heterocycles. The van der Waals surface area contributed by atoms with Crippen molar-refractivity contribution in [3.05, 3.63) is 0 Å². The van der Waals surface area contributed by atoms with Crippen LogP contribution in [-0.4, -0.2) is 22.5 Å². The van der Waals surface area contributed by atoms with E-state index in [9.17, 15) is 0 Å². The highest BCUT2D eigenvalue weighted by atomic mass is 32.2. The van der Waals surface area contributed by atoms with Crippen molar-refractivity contribution in [3.63, 3.8) is 0 Å².